The summed E-state index contributed by atoms with van der Waals surface area (Å²) < 4.78 is 0. The second-order valence-electron chi connectivity index (χ2n) is 3.42. The van der Waals surface area contributed by atoms with Crippen LogP contribution in [0.1, 0.15) is 16.8 Å². The van der Waals surface area contributed by atoms with E-state index in [2.05, 4.69) is 11.1 Å². The van der Waals surface area contributed by atoms with E-state index in [1.165, 1.54) is 0 Å². The predicted molar refractivity (Wildman–Crippen MR) is 57.1 cm³/mol. The SMILES string of the molecule is Cc1cc(CO)c2cc(C#N)ccc2n1. The van der Waals surface area contributed by atoms with Crippen LogP contribution >= 0.6 is 0 Å². The van der Waals surface area contributed by atoms with Gasteiger partial charge >= 0.3 is 0 Å². The molecule has 0 unspecified atom stereocenters. The molecule has 74 valence electrons. The van der Waals surface area contributed by atoms with E-state index >= 15 is 0 Å². The Hall–Kier alpha value is -1.92. The molecule has 1 N–H and O–H groups in total. The van der Waals surface area contributed by atoms with Gasteiger partial charge in [0.2, 0.25) is 0 Å². The number of aryl methyl sites for hydroxylation is 1. The standard InChI is InChI=1S/C12H10N2O/c1-8-4-10(7-15)11-5-9(6-13)2-3-12(11)14-8/h2-5,15H,7H2,1H3. The van der Waals surface area contributed by atoms with Crippen LogP contribution in [-0.4, -0.2) is 10.1 Å². The maximum atomic E-state index is 9.21. The van der Waals surface area contributed by atoms with Crippen molar-refractivity contribution in [1.82, 2.24) is 4.98 Å². The van der Waals surface area contributed by atoms with Gasteiger partial charge in [-0.25, -0.2) is 0 Å². The minimum absolute atomic E-state index is 0.0330. The van der Waals surface area contributed by atoms with Crippen LogP contribution in [0.4, 0.5) is 0 Å². The van der Waals surface area contributed by atoms with Gasteiger partial charge in [0.15, 0.2) is 0 Å². The van der Waals surface area contributed by atoms with Crippen LogP contribution < -0.4 is 0 Å². The third-order valence-corrected chi connectivity index (χ3v) is 2.32. The number of hydrogen-bond acceptors (Lipinski definition) is 3. The van der Waals surface area contributed by atoms with Crippen molar-refractivity contribution in [1.29, 1.82) is 5.26 Å². The highest BCUT2D eigenvalue weighted by molar-refractivity contribution is 5.83. The van der Waals surface area contributed by atoms with Crippen molar-refractivity contribution in [3.63, 3.8) is 0 Å². The van der Waals surface area contributed by atoms with Gasteiger partial charge in [0.25, 0.3) is 0 Å². The summed E-state index contributed by atoms with van der Waals surface area (Å²) in [5.41, 5.74) is 3.09. The molecule has 2 aromatic rings. The van der Waals surface area contributed by atoms with Crippen molar-refractivity contribution in [2.45, 2.75) is 13.5 Å². The molecule has 0 bridgehead atoms. The highest BCUT2D eigenvalue weighted by Crippen LogP contribution is 2.19. The van der Waals surface area contributed by atoms with Gasteiger partial charge in [0.1, 0.15) is 0 Å². The molecular formula is C12H10N2O. The molecule has 0 amide bonds. The molecule has 1 aromatic carbocycles. The molecule has 15 heavy (non-hydrogen) atoms. The molecule has 0 spiro atoms. The van der Waals surface area contributed by atoms with Crippen LogP contribution in [-0.2, 0) is 6.61 Å². The molecule has 0 aliphatic rings. The second-order valence-corrected chi connectivity index (χ2v) is 3.42. The van der Waals surface area contributed by atoms with Crippen molar-refractivity contribution in [2.24, 2.45) is 0 Å². The zero-order valence-electron chi connectivity index (χ0n) is 8.36. The first-order valence-electron chi connectivity index (χ1n) is 4.66. The predicted octanol–water partition coefficient (Wildman–Crippen LogP) is 1.91. The molecule has 3 heteroatoms. The van der Waals surface area contributed by atoms with Crippen LogP contribution in [0.2, 0.25) is 0 Å². The lowest BCUT2D eigenvalue weighted by atomic mass is 10.1. The first-order chi connectivity index (χ1) is 7.24. The number of benzene rings is 1. The maximum Gasteiger partial charge on any atom is 0.0991 e. The molecule has 1 heterocycles. The summed E-state index contributed by atoms with van der Waals surface area (Å²) in [7, 11) is 0. The number of aliphatic hydroxyl groups is 1. The van der Waals surface area contributed by atoms with Crippen LogP contribution in [0.3, 0.4) is 0 Å². The fourth-order valence-corrected chi connectivity index (χ4v) is 1.64. The molecule has 0 radical (unpaired) electrons. The van der Waals surface area contributed by atoms with Crippen LogP contribution in [0.5, 0.6) is 0 Å². The summed E-state index contributed by atoms with van der Waals surface area (Å²) >= 11 is 0. The topological polar surface area (TPSA) is 56.9 Å². The fraction of sp³-hybridized carbons (Fsp3) is 0.167. The summed E-state index contributed by atoms with van der Waals surface area (Å²) in [6, 6.07) is 9.21. The van der Waals surface area contributed by atoms with Gasteiger partial charge in [-0.2, -0.15) is 5.26 Å². The Morgan fingerprint density at radius 1 is 1.40 bits per heavy atom. The normalized spacial score (nSPS) is 10.2. The zero-order valence-corrected chi connectivity index (χ0v) is 8.36. The highest BCUT2D eigenvalue weighted by atomic mass is 16.3. The van der Waals surface area contributed by atoms with E-state index < -0.39 is 0 Å². The van der Waals surface area contributed by atoms with Crippen molar-refractivity contribution in [3.05, 3.63) is 41.1 Å². The molecule has 1 aromatic heterocycles. The minimum Gasteiger partial charge on any atom is -0.392 e. The minimum atomic E-state index is -0.0330. The quantitative estimate of drug-likeness (QED) is 0.761. The average Bonchev–Trinajstić information content (AvgIpc) is 2.27. The van der Waals surface area contributed by atoms with Gasteiger partial charge in [-0.3, -0.25) is 4.98 Å². The second kappa shape index (κ2) is 3.68. The lowest BCUT2D eigenvalue weighted by Gasteiger charge is -2.05. The van der Waals surface area contributed by atoms with E-state index in [4.69, 9.17) is 5.26 Å². The van der Waals surface area contributed by atoms with E-state index in [9.17, 15) is 5.11 Å². The monoisotopic (exact) mass is 198 g/mol. The molecule has 0 atom stereocenters. The number of rotatable bonds is 1. The van der Waals surface area contributed by atoms with E-state index in [1.54, 1.807) is 18.2 Å². The number of aromatic nitrogens is 1. The number of pyridine rings is 1. The maximum absolute atomic E-state index is 9.21. The van der Waals surface area contributed by atoms with Crippen molar-refractivity contribution < 1.29 is 5.11 Å². The molecular weight excluding hydrogens is 188 g/mol. The van der Waals surface area contributed by atoms with E-state index in [-0.39, 0.29) is 6.61 Å². The van der Waals surface area contributed by atoms with E-state index in [1.807, 2.05) is 13.0 Å². The van der Waals surface area contributed by atoms with Gasteiger partial charge in [-0.05, 0) is 36.8 Å². The molecule has 3 nitrogen and oxygen atoms in total. The summed E-state index contributed by atoms with van der Waals surface area (Å²) in [4.78, 5) is 4.34. The van der Waals surface area contributed by atoms with Crippen LogP contribution in [0.25, 0.3) is 10.9 Å². The molecule has 0 aliphatic carbocycles. The molecule has 0 saturated heterocycles. The summed E-state index contributed by atoms with van der Waals surface area (Å²) in [6.07, 6.45) is 0. The number of hydrogen-bond donors (Lipinski definition) is 1. The number of aliphatic hydroxyl groups excluding tert-OH is 1. The van der Waals surface area contributed by atoms with Gasteiger partial charge in [0, 0.05) is 11.1 Å². The van der Waals surface area contributed by atoms with E-state index in [0.717, 1.165) is 22.2 Å². The Balaban J connectivity index is 2.80. The van der Waals surface area contributed by atoms with Crippen LogP contribution in [0.15, 0.2) is 24.3 Å². The number of nitriles is 1. The fourth-order valence-electron chi connectivity index (χ4n) is 1.64. The molecule has 2 rings (SSSR count). The Bertz CT molecular complexity index is 555. The Kier molecular flexibility index (Phi) is 2.36. The summed E-state index contributed by atoms with van der Waals surface area (Å²) in [5.74, 6) is 0. The van der Waals surface area contributed by atoms with E-state index in [0.29, 0.717) is 5.56 Å². The lowest BCUT2D eigenvalue weighted by Crippen LogP contribution is -1.92. The van der Waals surface area contributed by atoms with Crippen molar-refractivity contribution in [2.75, 3.05) is 0 Å². The summed E-state index contributed by atoms with van der Waals surface area (Å²) in [5, 5.41) is 18.8. The Morgan fingerprint density at radius 2 is 2.20 bits per heavy atom. The Labute approximate surface area is 87.6 Å². The highest BCUT2D eigenvalue weighted by Gasteiger charge is 2.03. The van der Waals surface area contributed by atoms with Gasteiger partial charge in [-0.1, -0.05) is 0 Å². The lowest BCUT2D eigenvalue weighted by molar-refractivity contribution is 0.283. The first-order valence-corrected chi connectivity index (χ1v) is 4.66. The first kappa shape index (κ1) is 9.63. The van der Waals surface area contributed by atoms with Crippen molar-refractivity contribution >= 4 is 10.9 Å². The van der Waals surface area contributed by atoms with Gasteiger partial charge < -0.3 is 5.11 Å². The average molecular weight is 198 g/mol. The molecule has 0 aliphatic heterocycles. The molecule has 0 saturated carbocycles. The third kappa shape index (κ3) is 1.67. The van der Waals surface area contributed by atoms with Crippen molar-refractivity contribution in [3.8, 4) is 6.07 Å². The Morgan fingerprint density at radius 3 is 2.87 bits per heavy atom. The van der Waals surface area contributed by atoms with Gasteiger partial charge in [0.05, 0.1) is 23.8 Å². The number of nitrogens with zero attached hydrogens (tertiary/aromatic N) is 2. The smallest absolute Gasteiger partial charge is 0.0991 e. The third-order valence-electron chi connectivity index (χ3n) is 2.32. The zero-order chi connectivity index (χ0) is 10.8. The van der Waals surface area contributed by atoms with Crippen LogP contribution in [0, 0.1) is 18.3 Å². The largest absolute Gasteiger partial charge is 0.392 e. The molecule has 0 fully saturated rings. The number of fused-ring (bicyclic) bond motifs is 1. The van der Waals surface area contributed by atoms with Gasteiger partial charge in [-0.15, -0.1) is 0 Å². The summed E-state index contributed by atoms with van der Waals surface area (Å²) in [6.45, 7) is 1.85.